The maximum Gasteiger partial charge on any atom is 0.262 e. The minimum atomic E-state index is -3.69. The summed E-state index contributed by atoms with van der Waals surface area (Å²) in [5.74, 6) is 0.157. The molecule has 2 heterocycles. The zero-order chi connectivity index (χ0) is 19.4. The molecule has 3 rings (SSSR count). The Kier molecular flexibility index (Phi) is 5.81. The molecule has 0 unspecified atom stereocenters. The number of carbonyl (C=O) groups excluding carboxylic acids is 1. The van der Waals surface area contributed by atoms with Crippen molar-refractivity contribution in [2.45, 2.75) is 24.8 Å². The number of sulfonamides is 1. The van der Waals surface area contributed by atoms with E-state index in [0.717, 1.165) is 5.75 Å². The molecule has 1 aliphatic rings. The number of hydrogen-bond acceptors (Lipinski definition) is 5. The molecule has 1 saturated heterocycles. The summed E-state index contributed by atoms with van der Waals surface area (Å²) in [6.45, 7) is 3.03. The predicted octanol–water partition coefficient (Wildman–Crippen LogP) is 1.86. The number of benzene rings is 1. The van der Waals surface area contributed by atoms with Crippen LogP contribution in [0.1, 0.15) is 19.8 Å². The minimum absolute atomic E-state index is 0.0116. The van der Waals surface area contributed by atoms with E-state index in [1.807, 2.05) is 6.92 Å². The van der Waals surface area contributed by atoms with E-state index in [2.05, 4.69) is 10.3 Å². The molecule has 0 aliphatic carbocycles. The van der Waals surface area contributed by atoms with Crippen molar-refractivity contribution in [1.29, 1.82) is 0 Å². The molecule has 0 bridgehead atoms. The van der Waals surface area contributed by atoms with Crippen LogP contribution in [0.3, 0.4) is 0 Å². The number of piperidine rings is 1. The Morgan fingerprint density at radius 1 is 1.33 bits per heavy atom. The summed E-state index contributed by atoms with van der Waals surface area (Å²) in [5, 5.41) is 2.87. The second kappa shape index (κ2) is 8.10. The third-order valence-corrected chi connectivity index (χ3v) is 6.22. The Balaban J connectivity index is 1.65. The largest absolute Gasteiger partial charge is 0.494 e. The number of amides is 1. The van der Waals surface area contributed by atoms with Crippen LogP contribution in [0.2, 0.25) is 0 Å². The van der Waals surface area contributed by atoms with Gasteiger partial charge in [-0.2, -0.15) is 4.31 Å². The van der Waals surface area contributed by atoms with Crippen molar-refractivity contribution in [2.24, 2.45) is 13.0 Å². The van der Waals surface area contributed by atoms with Crippen molar-refractivity contribution in [1.82, 2.24) is 13.9 Å². The number of aryl methyl sites for hydroxylation is 1. The molecule has 9 heteroatoms. The number of carbonyl (C=O) groups is 1. The fourth-order valence-electron chi connectivity index (χ4n) is 3.07. The third kappa shape index (κ3) is 4.48. The highest BCUT2D eigenvalue weighted by Gasteiger charge is 2.34. The van der Waals surface area contributed by atoms with Crippen LogP contribution in [0.4, 0.5) is 5.69 Å². The number of hydrogen-bond donors (Lipinski definition) is 1. The Bertz CT molecular complexity index is 892. The van der Waals surface area contributed by atoms with Crippen LogP contribution in [0.5, 0.6) is 5.75 Å². The van der Waals surface area contributed by atoms with Crippen molar-refractivity contribution in [3.05, 3.63) is 36.8 Å². The van der Waals surface area contributed by atoms with Crippen molar-refractivity contribution in [2.75, 3.05) is 25.0 Å². The number of imidazole rings is 1. The van der Waals surface area contributed by atoms with Crippen molar-refractivity contribution >= 4 is 21.6 Å². The Morgan fingerprint density at radius 3 is 2.70 bits per heavy atom. The Hall–Kier alpha value is -2.39. The second-order valence-corrected chi connectivity index (χ2v) is 8.41. The molecule has 8 nitrogen and oxygen atoms in total. The van der Waals surface area contributed by atoms with Gasteiger partial charge in [-0.1, -0.05) is 0 Å². The van der Waals surface area contributed by atoms with Gasteiger partial charge in [-0.05, 0) is 44.0 Å². The van der Waals surface area contributed by atoms with E-state index in [-0.39, 0.29) is 17.5 Å². The lowest BCUT2D eigenvalue weighted by atomic mass is 9.99. The topological polar surface area (TPSA) is 93.5 Å². The molecule has 1 aromatic carbocycles. The summed E-state index contributed by atoms with van der Waals surface area (Å²) < 4.78 is 33.8. The van der Waals surface area contributed by atoms with Gasteiger partial charge < -0.3 is 14.6 Å². The van der Waals surface area contributed by atoms with E-state index in [0.29, 0.717) is 31.7 Å². The first-order valence-corrected chi connectivity index (χ1v) is 10.4. The molecular formula is C18H24N4O4S. The van der Waals surface area contributed by atoms with Gasteiger partial charge >= 0.3 is 0 Å². The number of rotatable bonds is 6. The molecule has 0 spiro atoms. The SMILES string of the molecule is CCOc1ccc(NC(=O)[C@H]2CCCN(S(=O)(=O)c3cn(C)cn3)C2)cc1. The number of nitrogens with zero attached hydrogens (tertiary/aromatic N) is 3. The average molecular weight is 392 g/mol. The van der Waals surface area contributed by atoms with E-state index in [1.54, 1.807) is 35.9 Å². The van der Waals surface area contributed by atoms with E-state index in [1.165, 1.54) is 16.8 Å². The molecule has 0 saturated carbocycles. The predicted molar refractivity (Wildman–Crippen MR) is 101 cm³/mol. The summed E-state index contributed by atoms with van der Waals surface area (Å²) in [6, 6.07) is 7.12. The van der Waals surface area contributed by atoms with Gasteiger partial charge in [0.25, 0.3) is 10.0 Å². The lowest BCUT2D eigenvalue weighted by molar-refractivity contribution is -0.120. The maximum absolute atomic E-state index is 12.7. The van der Waals surface area contributed by atoms with Gasteiger partial charge in [0, 0.05) is 32.0 Å². The first-order valence-electron chi connectivity index (χ1n) is 8.92. The fourth-order valence-corrected chi connectivity index (χ4v) is 4.56. The number of aromatic nitrogens is 2. The minimum Gasteiger partial charge on any atom is -0.494 e. The third-order valence-electron chi connectivity index (χ3n) is 4.47. The maximum atomic E-state index is 12.7. The average Bonchev–Trinajstić information content (AvgIpc) is 3.11. The summed E-state index contributed by atoms with van der Waals surface area (Å²) in [4.78, 5) is 16.6. The molecule has 1 fully saturated rings. The second-order valence-electron chi connectivity index (χ2n) is 6.53. The molecule has 27 heavy (non-hydrogen) atoms. The molecular weight excluding hydrogens is 368 g/mol. The normalized spacial score (nSPS) is 18.2. The summed E-state index contributed by atoms with van der Waals surface area (Å²) in [7, 11) is -1.97. The van der Waals surface area contributed by atoms with Crippen LogP contribution in [0.25, 0.3) is 0 Å². The smallest absolute Gasteiger partial charge is 0.262 e. The summed E-state index contributed by atoms with van der Waals surface area (Å²) >= 11 is 0. The molecule has 0 radical (unpaired) electrons. The Morgan fingerprint density at radius 2 is 2.07 bits per heavy atom. The molecule has 1 atom stereocenters. The first kappa shape index (κ1) is 19.4. The molecule has 146 valence electrons. The quantitative estimate of drug-likeness (QED) is 0.810. The highest BCUT2D eigenvalue weighted by Crippen LogP contribution is 2.24. The molecule has 1 amide bonds. The van der Waals surface area contributed by atoms with Crippen LogP contribution in [0.15, 0.2) is 41.8 Å². The van der Waals surface area contributed by atoms with Crippen LogP contribution < -0.4 is 10.1 Å². The zero-order valence-electron chi connectivity index (χ0n) is 15.5. The number of anilines is 1. The number of nitrogens with one attached hydrogen (secondary N) is 1. The highest BCUT2D eigenvalue weighted by atomic mass is 32.2. The molecule has 2 aromatic rings. The molecule has 1 aromatic heterocycles. The standard InChI is InChI=1S/C18H24N4O4S/c1-3-26-16-8-6-15(7-9-16)20-18(23)14-5-4-10-22(11-14)27(24,25)17-12-21(2)13-19-17/h6-9,12-14H,3-5,10-11H2,1-2H3,(H,20,23)/t14-/m0/s1. The van der Waals surface area contributed by atoms with Gasteiger partial charge in [0.2, 0.25) is 5.91 Å². The van der Waals surface area contributed by atoms with E-state index >= 15 is 0 Å². The van der Waals surface area contributed by atoms with Crippen LogP contribution in [0, 0.1) is 5.92 Å². The summed E-state index contributed by atoms with van der Waals surface area (Å²) in [5.41, 5.74) is 0.660. The number of ether oxygens (including phenoxy) is 1. The van der Waals surface area contributed by atoms with Crippen molar-refractivity contribution in [3.8, 4) is 5.75 Å². The lowest BCUT2D eigenvalue weighted by Crippen LogP contribution is -2.43. The van der Waals surface area contributed by atoms with E-state index in [9.17, 15) is 13.2 Å². The van der Waals surface area contributed by atoms with Gasteiger partial charge in [-0.3, -0.25) is 4.79 Å². The van der Waals surface area contributed by atoms with E-state index in [4.69, 9.17) is 4.74 Å². The molecule has 1 N–H and O–H groups in total. The fraction of sp³-hybridized carbons (Fsp3) is 0.444. The van der Waals surface area contributed by atoms with Crippen LogP contribution >= 0.6 is 0 Å². The Labute approximate surface area is 159 Å². The van der Waals surface area contributed by atoms with Crippen LogP contribution in [-0.2, 0) is 21.9 Å². The van der Waals surface area contributed by atoms with Crippen molar-refractivity contribution in [3.63, 3.8) is 0 Å². The van der Waals surface area contributed by atoms with Crippen molar-refractivity contribution < 1.29 is 17.9 Å². The molecule has 1 aliphatic heterocycles. The van der Waals surface area contributed by atoms with Gasteiger partial charge in [0.1, 0.15) is 5.75 Å². The highest BCUT2D eigenvalue weighted by molar-refractivity contribution is 7.89. The van der Waals surface area contributed by atoms with Gasteiger partial charge in [-0.25, -0.2) is 13.4 Å². The van der Waals surface area contributed by atoms with E-state index < -0.39 is 15.9 Å². The summed E-state index contributed by atoms with van der Waals surface area (Å²) in [6.07, 6.45) is 4.20. The van der Waals surface area contributed by atoms with Gasteiger partial charge in [-0.15, -0.1) is 0 Å². The lowest BCUT2D eigenvalue weighted by Gasteiger charge is -2.30. The zero-order valence-corrected chi connectivity index (χ0v) is 16.3. The van der Waals surface area contributed by atoms with Gasteiger partial charge in [0.15, 0.2) is 5.03 Å². The first-order chi connectivity index (χ1) is 12.9. The van der Waals surface area contributed by atoms with Crippen LogP contribution in [-0.4, -0.2) is 47.9 Å². The van der Waals surface area contributed by atoms with Gasteiger partial charge in [0.05, 0.1) is 18.9 Å². The monoisotopic (exact) mass is 392 g/mol.